The first kappa shape index (κ1) is 15.6. The lowest BCUT2D eigenvalue weighted by molar-refractivity contribution is 0.0697. The van der Waals surface area contributed by atoms with Crippen molar-refractivity contribution in [1.29, 1.82) is 0 Å². The van der Waals surface area contributed by atoms with Crippen molar-refractivity contribution in [1.82, 2.24) is 4.72 Å². The smallest absolute Gasteiger partial charge is 0.338 e. The van der Waals surface area contributed by atoms with Gasteiger partial charge in [-0.25, -0.2) is 17.9 Å². The predicted molar refractivity (Wildman–Crippen MR) is 76.0 cm³/mol. The fourth-order valence-corrected chi connectivity index (χ4v) is 3.97. The minimum Gasteiger partial charge on any atom is -0.478 e. The number of aromatic carboxylic acids is 1. The maximum absolute atomic E-state index is 12.2. The zero-order valence-electron chi connectivity index (χ0n) is 10.4. The van der Waals surface area contributed by atoms with Gasteiger partial charge in [-0.2, -0.15) is 0 Å². The van der Waals surface area contributed by atoms with Gasteiger partial charge in [0.25, 0.3) is 0 Å². The monoisotopic (exact) mass is 337 g/mol. The van der Waals surface area contributed by atoms with E-state index in [0.29, 0.717) is 12.5 Å². The van der Waals surface area contributed by atoms with E-state index in [4.69, 9.17) is 28.3 Å². The summed E-state index contributed by atoms with van der Waals surface area (Å²) in [5.74, 6) is -1.02. The van der Waals surface area contributed by atoms with Crippen LogP contribution in [0.15, 0.2) is 17.0 Å². The molecule has 0 atom stereocenters. The Labute approximate surface area is 126 Å². The summed E-state index contributed by atoms with van der Waals surface area (Å²) in [7, 11) is -3.84. The topological polar surface area (TPSA) is 83.5 Å². The molecule has 0 aliphatic heterocycles. The number of halogens is 2. The Hall–Kier alpha value is -0.820. The molecule has 2 N–H and O–H groups in total. The number of benzene rings is 1. The fraction of sp³-hybridized carbons (Fsp3) is 0.417. The predicted octanol–water partition coefficient (Wildman–Crippen LogP) is 2.77. The van der Waals surface area contributed by atoms with Crippen LogP contribution in [0.25, 0.3) is 0 Å². The first-order valence-electron chi connectivity index (χ1n) is 6.04. The second kappa shape index (κ2) is 5.89. The Morgan fingerprint density at radius 3 is 2.50 bits per heavy atom. The van der Waals surface area contributed by atoms with Gasteiger partial charge in [0.15, 0.2) is 0 Å². The van der Waals surface area contributed by atoms with Crippen molar-refractivity contribution >= 4 is 39.2 Å². The zero-order valence-corrected chi connectivity index (χ0v) is 12.7. The molecular formula is C12H13Cl2NO4S. The molecule has 0 unspecified atom stereocenters. The van der Waals surface area contributed by atoms with Gasteiger partial charge in [0.1, 0.15) is 4.90 Å². The molecule has 2 rings (SSSR count). The number of rotatable bonds is 5. The van der Waals surface area contributed by atoms with Crippen molar-refractivity contribution in [2.24, 2.45) is 5.92 Å². The highest BCUT2D eigenvalue weighted by atomic mass is 35.5. The van der Waals surface area contributed by atoms with E-state index >= 15 is 0 Å². The maximum atomic E-state index is 12.2. The van der Waals surface area contributed by atoms with Gasteiger partial charge < -0.3 is 5.11 Å². The highest BCUT2D eigenvalue weighted by Gasteiger charge is 2.26. The van der Waals surface area contributed by atoms with Crippen LogP contribution in [0.2, 0.25) is 10.0 Å². The van der Waals surface area contributed by atoms with Crippen LogP contribution in [-0.4, -0.2) is 26.0 Å². The normalized spacial score (nSPS) is 15.9. The van der Waals surface area contributed by atoms with Gasteiger partial charge >= 0.3 is 5.97 Å². The molecule has 0 bridgehead atoms. The molecule has 0 heterocycles. The Balaban J connectivity index is 2.31. The molecule has 5 nitrogen and oxygen atoms in total. The molecule has 1 aliphatic carbocycles. The van der Waals surface area contributed by atoms with E-state index in [9.17, 15) is 13.2 Å². The van der Waals surface area contributed by atoms with Gasteiger partial charge in [-0.1, -0.05) is 29.6 Å². The summed E-state index contributed by atoms with van der Waals surface area (Å²) in [6, 6.07) is 2.43. The summed E-state index contributed by atoms with van der Waals surface area (Å²) in [4.78, 5) is 10.8. The third kappa shape index (κ3) is 3.09. The van der Waals surface area contributed by atoms with Gasteiger partial charge in [-0.3, -0.25) is 0 Å². The summed E-state index contributed by atoms with van der Waals surface area (Å²) in [6.45, 7) is 0.337. The Morgan fingerprint density at radius 1 is 1.35 bits per heavy atom. The SMILES string of the molecule is O=C(O)c1c(Cl)ccc(S(=O)(=O)NCC2CCC2)c1Cl. The van der Waals surface area contributed by atoms with Crippen LogP contribution in [0.4, 0.5) is 0 Å². The molecule has 0 aromatic heterocycles. The summed E-state index contributed by atoms with van der Waals surface area (Å²) in [5.41, 5.74) is -0.403. The molecule has 8 heteroatoms. The standard InChI is InChI=1S/C12H13Cl2NO4S/c13-8-4-5-9(11(14)10(8)12(16)17)20(18,19)15-6-7-2-1-3-7/h4-5,7,15H,1-3,6H2,(H,16,17). The van der Waals surface area contributed by atoms with Crippen molar-refractivity contribution < 1.29 is 18.3 Å². The molecule has 0 spiro atoms. The van der Waals surface area contributed by atoms with E-state index in [1.807, 2.05) is 0 Å². The highest BCUT2D eigenvalue weighted by molar-refractivity contribution is 7.89. The van der Waals surface area contributed by atoms with Crippen molar-refractivity contribution in [2.45, 2.75) is 24.2 Å². The quantitative estimate of drug-likeness (QED) is 0.865. The first-order valence-corrected chi connectivity index (χ1v) is 8.28. The largest absolute Gasteiger partial charge is 0.478 e. The van der Waals surface area contributed by atoms with E-state index in [1.165, 1.54) is 12.1 Å². The van der Waals surface area contributed by atoms with Crippen molar-refractivity contribution in [3.63, 3.8) is 0 Å². The third-order valence-electron chi connectivity index (χ3n) is 3.35. The summed E-state index contributed by atoms with van der Waals surface area (Å²) in [5, 5.41) is 8.55. The van der Waals surface area contributed by atoms with Gasteiger partial charge in [0.05, 0.1) is 15.6 Å². The first-order chi connectivity index (χ1) is 9.33. The molecule has 1 fully saturated rings. The Bertz CT molecular complexity index is 641. The van der Waals surface area contributed by atoms with Crippen LogP contribution in [-0.2, 0) is 10.0 Å². The summed E-state index contributed by atoms with van der Waals surface area (Å²) >= 11 is 11.6. The summed E-state index contributed by atoms with van der Waals surface area (Å²) in [6.07, 6.45) is 3.10. The number of hydrogen-bond acceptors (Lipinski definition) is 3. The van der Waals surface area contributed by atoms with Crippen molar-refractivity contribution in [2.75, 3.05) is 6.54 Å². The number of hydrogen-bond donors (Lipinski definition) is 2. The van der Waals surface area contributed by atoms with Crippen LogP contribution >= 0.6 is 23.2 Å². The second-order valence-corrected chi connectivity index (χ2v) is 7.21. The lowest BCUT2D eigenvalue weighted by Crippen LogP contribution is -2.32. The van der Waals surface area contributed by atoms with Gasteiger partial charge in [0.2, 0.25) is 10.0 Å². The lowest BCUT2D eigenvalue weighted by Gasteiger charge is -2.25. The van der Waals surface area contributed by atoms with E-state index in [-0.39, 0.29) is 14.9 Å². The molecule has 1 aliphatic rings. The van der Waals surface area contributed by atoms with Crippen molar-refractivity contribution in [3.8, 4) is 0 Å². The number of carboxylic acid groups (broad SMARTS) is 1. The number of nitrogens with one attached hydrogen (secondary N) is 1. The van der Waals surface area contributed by atoms with E-state index in [2.05, 4.69) is 4.72 Å². The minimum atomic E-state index is -3.84. The van der Waals surface area contributed by atoms with Gasteiger partial charge in [0, 0.05) is 6.54 Å². The highest BCUT2D eigenvalue weighted by Crippen LogP contribution is 2.31. The van der Waals surface area contributed by atoms with Crippen LogP contribution in [0.3, 0.4) is 0 Å². The van der Waals surface area contributed by atoms with E-state index in [1.54, 1.807) is 0 Å². The van der Waals surface area contributed by atoms with Crippen LogP contribution in [0.1, 0.15) is 29.6 Å². The number of carbonyl (C=O) groups is 1. The Kier molecular flexibility index (Phi) is 4.59. The number of carboxylic acids is 1. The molecule has 1 aromatic rings. The minimum absolute atomic E-state index is 0.0968. The summed E-state index contributed by atoms with van der Waals surface area (Å²) < 4.78 is 26.8. The molecule has 0 amide bonds. The van der Waals surface area contributed by atoms with Gasteiger partial charge in [-0.15, -0.1) is 0 Å². The van der Waals surface area contributed by atoms with Gasteiger partial charge in [-0.05, 0) is 30.9 Å². The average Bonchev–Trinajstić information content (AvgIpc) is 2.25. The zero-order chi connectivity index (χ0) is 14.9. The molecule has 1 saturated carbocycles. The van der Waals surface area contributed by atoms with Crippen LogP contribution in [0.5, 0.6) is 0 Å². The maximum Gasteiger partial charge on any atom is 0.338 e. The number of sulfonamides is 1. The molecule has 1 aromatic carbocycles. The van der Waals surface area contributed by atoms with Crippen molar-refractivity contribution in [3.05, 3.63) is 27.7 Å². The molecule has 0 radical (unpaired) electrons. The molecule has 20 heavy (non-hydrogen) atoms. The fourth-order valence-electron chi connectivity index (χ4n) is 1.94. The third-order valence-corrected chi connectivity index (χ3v) is 5.63. The molecule has 110 valence electrons. The van der Waals surface area contributed by atoms with E-state index in [0.717, 1.165) is 19.3 Å². The van der Waals surface area contributed by atoms with Crippen LogP contribution < -0.4 is 4.72 Å². The van der Waals surface area contributed by atoms with E-state index < -0.39 is 21.6 Å². The molecular weight excluding hydrogens is 325 g/mol. The van der Waals surface area contributed by atoms with Crippen LogP contribution in [0, 0.1) is 5.92 Å². The lowest BCUT2D eigenvalue weighted by atomic mass is 9.86. The molecule has 0 saturated heterocycles. The average molecular weight is 338 g/mol. The Morgan fingerprint density at radius 2 is 2.00 bits per heavy atom. The second-order valence-electron chi connectivity index (χ2n) is 4.69.